The Morgan fingerprint density at radius 1 is 0.306 bits per heavy atom. The Morgan fingerprint density at radius 3 is 0.726 bits per heavy atom. The Bertz CT molecular complexity index is 1670. The maximum atomic E-state index is 8.47. The highest BCUT2D eigenvalue weighted by molar-refractivity contribution is 7.06. The molecule has 0 amide bonds. The van der Waals surface area contributed by atoms with E-state index < -0.39 is 70.4 Å². The molecule has 13 aliphatic rings. The van der Waals surface area contributed by atoms with Crippen LogP contribution in [0.1, 0.15) is 180 Å². The molecule has 8 bridgehead atoms. The Balaban J connectivity index is 1.16. The monoisotopic (exact) mass is 1010 g/mol. The predicted octanol–water partition coefficient (Wildman–Crippen LogP) is 10.9. The second-order valence-electron chi connectivity index (χ2n) is 21.4. The van der Waals surface area contributed by atoms with E-state index in [1.165, 1.54) is 0 Å². The molecule has 13 fully saturated rings. The van der Waals surface area contributed by atoms with Gasteiger partial charge in [-0.15, -0.1) is 0 Å². The molecule has 0 aromatic heterocycles. The maximum absolute atomic E-state index is 8.47. The summed E-state index contributed by atoms with van der Waals surface area (Å²) in [6.07, 6.45) is 28.6. The van der Waals surface area contributed by atoms with Crippen LogP contribution < -0.4 is 5.19 Å². The van der Waals surface area contributed by atoms with Gasteiger partial charge < -0.3 is 49.4 Å². The van der Waals surface area contributed by atoms with Crippen LogP contribution in [0.5, 0.6) is 0 Å². The van der Waals surface area contributed by atoms with E-state index >= 15 is 0 Å². The van der Waals surface area contributed by atoms with Crippen LogP contribution >= 0.6 is 11.6 Å². The first kappa shape index (κ1) is 42.8. The molecule has 1 aromatic carbocycles. The molecule has 0 N–H and O–H groups in total. The van der Waals surface area contributed by atoms with Crippen molar-refractivity contribution < 1.29 is 49.4 Å². The van der Waals surface area contributed by atoms with Crippen molar-refractivity contribution in [3.05, 3.63) is 29.3 Å². The van der Waals surface area contributed by atoms with Gasteiger partial charge in [0.15, 0.2) is 0 Å². The van der Waals surface area contributed by atoms with E-state index in [0.717, 1.165) is 185 Å². The van der Waals surface area contributed by atoms with Crippen LogP contribution in [0.15, 0.2) is 24.3 Å². The van der Waals surface area contributed by atoms with Crippen LogP contribution in [0.25, 0.3) is 0 Å². The lowest BCUT2D eigenvalue weighted by Gasteiger charge is -2.66. The number of halogens is 1. The van der Waals surface area contributed by atoms with Crippen molar-refractivity contribution in [1.29, 1.82) is 0 Å². The average Bonchev–Trinajstić information content (AvgIpc) is 4.10. The van der Waals surface area contributed by atoms with Gasteiger partial charge in [-0.05, 0) is 102 Å². The van der Waals surface area contributed by atoms with Crippen LogP contribution in [0, 0.1) is 0 Å². The molecule has 1 aromatic rings. The number of hydrogen-bond donors (Lipinski definition) is 0. The summed E-state index contributed by atoms with van der Waals surface area (Å²) >= 11 is 7.07. The zero-order valence-electron chi connectivity index (χ0n) is 36.4. The molecule has 6 heterocycles. The van der Waals surface area contributed by atoms with Crippen molar-refractivity contribution >= 4 is 87.2 Å². The third kappa shape index (κ3) is 6.72. The lowest BCUT2D eigenvalue weighted by atomic mass is 10.4. The SMILES string of the molecule is Clc1cccc([Si]23O[Si]4(C5CCCC5)O[Si]5(C6CCCC6)O[Si](C6CCCC6)(O2)O[Si]2(C6CCCC6)O[Si](C6CCCC6)(O3)O[Si](C3CCCC3)(O4)O[Si](C3CCCC3)(O5)O2)c1. The molecule has 62 heavy (non-hydrogen) atoms. The molecule has 12 nitrogen and oxygen atoms in total. The van der Waals surface area contributed by atoms with Crippen molar-refractivity contribution in [2.24, 2.45) is 0 Å². The number of rotatable bonds is 8. The average molecular weight is 1010 g/mol. The third-order valence-corrected chi connectivity index (χ3v) is 57.0. The standard InChI is InChI=1S/C41H67ClO12Si8/c42-33-16-15-31-41(32-33)62-52-59(38-25-9-10-26-38)46-56(35-19-3-4-20-35)43-55(34-17-1-2-18-34)44-57(48-59,36-21-5-6-22-36)50-61(54-62,40-29-13-14-30-40)51-58(45-55,37-23-7-8-24-37)49-60(47-56,53-62)39-27-11-12-28-39/h15-16,31-32,34-40H,1-14,17-30H2. The van der Waals surface area contributed by atoms with E-state index in [1.54, 1.807) is 0 Å². The first-order chi connectivity index (χ1) is 30.2. The summed E-state index contributed by atoms with van der Waals surface area (Å²) in [6, 6.07) is 8.05. The quantitative estimate of drug-likeness (QED) is 0.231. The summed E-state index contributed by atoms with van der Waals surface area (Å²) < 4.78 is 101. The van der Waals surface area contributed by atoms with Gasteiger partial charge in [-0.1, -0.05) is 114 Å². The summed E-state index contributed by atoms with van der Waals surface area (Å²) in [4.78, 5) is 0. The lowest BCUT2D eigenvalue weighted by molar-refractivity contribution is -0.0427. The highest BCUT2D eigenvalue weighted by Gasteiger charge is 2.88. The molecule has 6 saturated heterocycles. The summed E-state index contributed by atoms with van der Waals surface area (Å²) in [5, 5.41) is 1.40. The van der Waals surface area contributed by atoms with Gasteiger partial charge >= 0.3 is 70.4 Å². The molecular formula is C41H67ClO12Si8. The van der Waals surface area contributed by atoms with E-state index in [0.29, 0.717) is 5.02 Å². The normalized spacial score (nSPS) is 47.5. The first-order valence-electron chi connectivity index (χ1n) is 25.4. The Morgan fingerprint density at radius 2 is 0.516 bits per heavy atom. The van der Waals surface area contributed by atoms with Crippen molar-refractivity contribution in [3.8, 4) is 0 Å². The van der Waals surface area contributed by atoms with Crippen LogP contribution in [0.4, 0.5) is 0 Å². The fourth-order valence-corrected chi connectivity index (χ4v) is 70.3. The molecular weight excluding hydrogens is 945 g/mol. The number of benzene rings is 1. The molecule has 7 saturated carbocycles. The second kappa shape index (κ2) is 15.9. The predicted molar refractivity (Wildman–Crippen MR) is 246 cm³/mol. The minimum Gasteiger partial charge on any atom is -0.373 e. The summed E-state index contributed by atoms with van der Waals surface area (Å²) in [7, 11) is -32.2. The lowest BCUT2D eigenvalue weighted by Crippen LogP contribution is -2.91. The topological polar surface area (TPSA) is 111 Å². The summed E-state index contributed by atoms with van der Waals surface area (Å²) in [5.41, 5.74) is 0.126. The molecule has 0 unspecified atom stereocenters. The minimum absolute atomic E-state index is 0.00996. The van der Waals surface area contributed by atoms with E-state index in [4.69, 9.17) is 61.0 Å². The van der Waals surface area contributed by atoms with Crippen molar-refractivity contribution in [2.75, 3.05) is 0 Å². The van der Waals surface area contributed by atoms with Gasteiger partial charge in [0.1, 0.15) is 0 Å². The zero-order chi connectivity index (χ0) is 41.3. The van der Waals surface area contributed by atoms with Crippen molar-refractivity contribution in [2.45, 2.75) is 219 Å². The minimum atomic E-state index is -4.28. The van der Waals surface area contributed by atoms with Crippen LogP contribution in [-0.2, 0) is 49.4 Å². The van der Waals surface area contributed by atoms with Gasteiger partial charge in [0.05, 0.1) is 0 Å². The van der Waals surface area contributed by atoms with E-state index in [9.17, 15) is 0 Å². The molecule has 0 spiro atoms. The highest BCUT2D eigenvalue weighted by Crippen LogP contribution is 2.66. The fourth-order valence-electron chi connectivity index (χ4n) is 14.4. The molecule has 6 aliphatic heterocycles. The molecule has 14 rings (SSSR count). The maximum Gasteiger partial charge on any atom is 0.515 e. The van der Waals surface area contributed by atoms with Crippen LogP contribution in [-0.4, -0.2) is 70.4 Å². The smallest absolute Gasteiger partial charge is 0.373 e. The van der Waals surface area contributed by atoms with Gasteiger partial charge in [0.2, 0.25) is 0 Å². The fraction of sp³-hybridized carbons (Fsp3) is 0.854. The van der Waals surface area contributed by atoms with Crippen molar-refractivity contribution in [1.82, 2.24) is 0 Å². The van der Waals surface area contributed by atoms with Gasteiger partial charge in [-0.3, -0.25) is 0 Å². The van der Waals surface area contributed by atoms with Crippen molar-refractivity contribution in [3.63, 3.8) is 0 Å². The molecule has 0 atom stereocenters. The van der Waals surface area contributed by atoms with E-state index in [1.807, 2.05) is 18.2 Å². The summed E-state index contributed by atoms with van der Waals surface area (Å²) in [6.45, 7) is 0. The van der Waals surface area contributed by atoms with E-state index in [-0.39, 0.29) is 38.8 Å². The highest BCUT2D eigenvalue weighted by atomic mass is 35.5. The largest absolute Gasteiger partial charge is 0.515 e. The number of hydrogen-bond acceptors (Lipinski definition) is 12. The first-order valence-corrected chi connectivity index (χ1v) is 40.1. The van der Waals surface area contributed by atoms with Gasteiger partial charge in [-0.2, -0.15) is 0 Å². The Kier molecular flexibility index (Phi) is 11.0. The molecule has 342 valence electrons. The van der Waals surface area contributed by atoms with Gasteiger partial charge in [0, 0.05) is 49.0 Å². The van der Waals surface area contributed by atoms with E-state index in [2.05, 4.69) is 6.07 Å². The molecule has 7 aliphatic carbocycles. The molecule has 21 heteroatoms. The van der Waals surface area contributed by atoms with Gasteiger partial charge in [-0.25, -0.2) is 0 Å². The third-order valence-electron chi connectivity index (χ3n) is 17.6. The Hall–Kier alpha value is 0.765. The van der Waals surface area contributed by atoms with Crippen LogP contribution in [0.3, 0.4) is 0 Å². The zero-order valence-corrected chi connectivity index (χ0v) is 45.2. The Labute approximate surface area is 382 Å². The molecule has 0 radical (unpaired) electrons. The second-order valence-corrected chi connectivity index (χ2v) is 47.5. The van der Waals surface area contributed by atoms with Gasteiger partial charge in [0.25, 0.3) is 0 Å². The summed E-state index contributed by atoms with van der Waals surface area (Å²) in [5.74, 6) is 0. The van der Waals surface area contributed by atoms with Crippen LogP contribution in [0.2, 0.25) is 43.8 Å².